The van der Waals surface area contributed by atoms with E-state index >= 15 is 0 Å². The van der Waals surface area contributed by atoms with Gasteiger partial charge in [-0.1, -0.05) is 12.8 Å². The van der Waals surface area contributed by atoms with Crippen LogP contribution in [0.4, 0.5) is 0 Å². The second kappa shape index (κ2) is 7.78. The number of ether oxygens (including phenoxy) is 1. The topological polar surface area (TPSA) is 67.4 Å². The summed E-state index contributed by atoms with van der Waals surface area (Å²) in [5.74, 6) is -0.219. The summed E-state index contributed by atoms with van der Waals surface area (Å²) in [6.07, 6.45) is 4.49. The normalized spacial score (nSPS) is 14.9. The van der Waals surface area contributed by atoms with Crippen LogP contribution in [0.2, 0.25) is 0 Å². The van der Waals surface area contributed by atoms with Crippen molar-refractivity contribution in [2.75, 3.05) is 20.3 Å². The number of carbonyl (C=O) groups is 2. The lowest BCUT2D eigenvalue weighted by atomic mass is 10.1. The van der Waals surface area contributed by atoms with Crippen LogP contribution < -0.4 is 10.6 Å². The standard InChI is InChI=1S/C16H22N2O3/c1-21-11-10-17-15(19)12-6-8-13(9-7-12)16(20)18-14-4-2-3-5-14/h6-9,14H,2-5,10-11H2,1H3,(H,17,19)(H,18,20). The molecule has 0 aliphatic heterocycles. The van der Waals surface area contributed by atoms with E-state index in [9.17, 15) is 9.59 Å². The monoisotopic (exact) mass is 290 g/mol. The van der Waals surface area contributed by atoms with Gasteiger partial charge >= 0.3 is 0 Å². The highest BCUT2D eigenvalue weighted by Gasteiger charge is 2.18. The van der Waals surface area contributed by atoms with E-state index in [1.54, 1.807) is 31.4 Å². The molecule has 21 heavy (non-hydrogen) atoms. The Bertz CT molecular complexity index is 479. The molecular formula is C16H22N2O3. The summed E-state index contributed by atoms with van der Waals surface area (Å²) in [6, 6.07) is 7.03. The molecule has 1 aromatic rings. The van der Waals surface area contributed by atoms with Gasteiger partial charge in [-0.2, -0.15) is 0 Å². The molecule has 1 aliphatic rings. The first-order valence-electron chi connectivity index (χ1n) is 7.39. The first-order chi connectivity index (χ1) is 10.2. The predicted octanol–water partition coefficient (Wildman–Crippen LogP) is 1.74. The number of carbonyl (C=O) groups excluding carboxylic acids is 2. The molecule has 5 nitrogen and oxygen atoms in total. The third-order valence-electron chi connectivity index (χ3n) is 3.69. The molecule has 5 heteroatoms. The summed E-state index contributed by atoms with van der Waals surface area (Å²) >= 11 is 0. The van der Waals surface area contributed by atoms with Crippen LogP contribution in [0, 0.1) is 0 Å². The van der Waals surface area contributed by atoms with Crippen molar-refractivity contribution in [1.29, 1.82) is 0 Å². The van der Waals surface area contributed by atoms with Gasteiger partial charge in [0.2, 0.25) is 0 Å². The van der Waals surface area contributed by atoms with E-state index in [1.165, 1.54) is 12.8 Å². The van der Waals surface area contributed by atoms with E-state index in [2.05, 4.69) is 10.6 Å². The van der Waals surface area contributed by atoms with E-state index < -0.39 is 0 Å². The van der Waals surface area contributed by atoms with Crippen LogP contribution in [0.25, 0.3) is 0 Å². The highest BCUT2D eigenvalue weighted by atomic mass is 16.5. The highest BCUT2D eigenvalue weighted by Crippen LogP contribution is 2.18. The molecular weight excluding hydrogens is 268 g/mol. The van der Waals surface area contributed by atoms with Crippen LogP contribution in [0.1, 0.15) is 46.4 Å². The van der Waals surface area contributed by atoms with Crippen molar-refractivity contribution in [3.05, 3.63) is 35.4 Å². The highest BCUT2D eigenvalue weighted by molar-refractivity contribution is 5.97. The Labute approximate surface area is 125 Å². The van der Waals surface area contributed by atoms with Gasteiger partial charge in [-0.3, -0.25) is 9.59 Å². The predicted molar refractivity (Wildman–Crippen MR) is 80.4 cm³/mol. The van der Waals surface area contributed by atoms with Gasteiger partial charge in [-0.25, -0.2) is 0 Å². The van der Waals surface area contributed by atoms with Crippen LogP contribution in [-0.4, -0.2) is 38.1 Å². The zero-order chi connectivity index (χ0) is 15.1. The van der Waals surface area contributed by atoms with Gasteiger partial charge in [0.1, 0.15) is 0 Å². The lowest BCUT2D eigenvalue weighted by Gasteiger charge is -2.12. The molecule has 2 rings (SSSR count). The summed E-state index contributed by atoms with van der Waals surface area (Å²) in [5.41, 5.74) is 1.14. The minimum absolute atomic E-state index is 0.0618. The maximum atomic E-state index is 12.1. The first kappa shape index (κ1) is 15.5. The van der Waals surface area contributed by atoms with Crippen LogP contribution in [0.15, 0.2) is 24.3 Å². The number of methoxy groups -OCH3 is 1. The van der Waals surface area contributed by atoms with E-state index in [0.717, 1.165) is 12.8 Å². The molecule has 1 fully saturated rings. The third kappa shape index (κ3) is 4.56. The quantitative estimate of drug-likeness (QED) is 0.784. The van der Waals surface area contributed by atoms with E-state index in [1.807, 2.05) is 0 Å². The Morgan fingerprint density at radius 3 is 2.24 bits per heavy atom. The molecule has 1 saturated carbocycles. The number of nitrogens with one attached hydrogen (secondary N) is 2. The van der Waals surface area contributed by atoms with Crippen LogP contribution in [0.3, 0.4) is 0 Å². The van der Waals surface area contributed by atoms with Gasteiger partial charge in [-0.05, 0) is 37.1 Å². The van der Waals surface area contributed by atoms with E-state index in [0.29, 0.717) is 30.3 Å². The fourth-order valence-corrected chi connectivity index (χ4v) is 2.48. The average Bonchev–Trinajstić information content (AvgIpc) is 3.00. The second-order valence-electron chi connectivity index (χ2n) is 5.28. The molecule has 0 radical (unpaired) electrons. The molecule has 1 aliphatic carbocycles. The number of rotatable bonds is 6. The minimum Gasteiger partial charge on any atom is -0.383 e. The van der Waals surface area contributed by atoms with Crippen LogP contribution in [0.5, 0.6) is 0 Å². The zero-order valence-electron chi connectivity index (χ0n) is 12.4. The van der Waals surface area contributed by atoms with Gasteiger partial charge in [0.15, 0.2) is 0 Å². The third-order valence-corrected chi connectivity index (χ3v) is 3.69. The number of amides is 2. The number of benzene rings is 1. The molecule has 2 amide bonds. The largest absolute Gasteiger partial charge is 0.383 e. The molecule has 0 aromatic heterocycles. The smallest absolute Gasteiger partial charge is 0.251 e. The first-order valence-corrected chi connectivity index (χ1v) is 7.39. The van der Waals surface area contributed by atoms with Gasteiger partial charge < -0.3 is 15.4 Å². The van der Waals surface area contributed by atoms with Crippen molar-refractivity contribution in [3.8, 4) is 0 Å². The van der Waals surface area contributed by atoms with Crippen molar-refractivity contribution in [3.63, 3.8) is 0 Å². The lowest BCUT2D eigenvalue weighted by Crippen LogP contribution is -2.32. The minimum atomic E-state index is -0.158. The van der Waals surface area contributed by atoms with Gasteiger partial charge in [0.05, 0.1) is 6.61 Å². The number of hydrogen-bond donors (Lipinski definition) is 2. The molecule has 114 valence electrons. The summed E-state index contributed by atoms with van der Waals surface area (Å²) in [5, 5.41) is 5.77. The second-order valence-corrected chi connectivity index (χ2v) is 5.28. The molecule has 0 atom stereocenters. The van der Waals surface area contributed by atoms with Gasteiger partial charge in [0.25, 0.3) is 11.8 Å². The fraction of sp³-hybridized carbons (Fsp3) is 0.500. The molecule has 0 unspecified atom stereocenters. The maximum Gasteiger partial charge on any atom is 0.251 e. The Morgan fingerprint density at radius 2 is 1.67 bits per heavy atom. The van der Waals surface area contributed by atoms with Gasteiger partial charge in [0, 0.05) is 30.8 Å². The van der Waals surface area contributed by atoms with Crippen molar-refractivity contribution >= 4 is 11.8 Å². The molecule has 0 bridgehead atoms. The molecule has 0 heterocycles. The van der Waals surface area contributed by atoms with E-state index in [4.69, 9.17) is 4.74 Å². The summed E-state index contributed by atoms with van der Waals surface area (Å²) in [6.45, 7) is 0.951. The van der Waals surface area contributed by atoms with Crippen molar-refractivity contribution < 1.29 is 14.3 Å². The van der Waals surface area contributed by atoms with Gasteiger partial charge in [-0.15, -0.1) is 0 Å². The SMILES string of the molecule is COCCNC(=O)c1ccc(C(=O)NC2CCCC2)cc1. The van der Waals surface area contributed by atoms with E-state index in [-0.39, 0.29) is 11.8 Å². The Kier molecular flexibility index (Phi) is 5.75. The molecule has 0 saturated heterocycles. The van der Waals surface area contributed by atoms with Crippen molar-refractivity contribution in [2.45, 2.75) is 31.7 Å². The maximum absolute atomic E-state index is 12.1. The van der Waals surface area contributed by atoms with Crippen molar-refractivity contribution in [2.24, 2.45) is 0 Å². The Hall–Kier alpha value is -1.88. The van der Waals surface area contributed by atoms with Crippen molar-refractivity contribution in [1.82, 2.24) is 10.6 Å². The summed E-state index contributed by atoms with van der Waals surface area (Å²) in [7, 11) is 1.59. The fourth-order valence-electron chi connectivity index (χ4n) is 2.48. The zero-order valence-corrected chi connectivity index (χ0v) is 12.4. The Morgan fingerprint density at radius 1 is 1.10 bits per heavy atom. The van der Waals surface area contributed by atoms with Crippen LogP contribution in [-0.2, 0) is 4.74 Å². The molecule has 2 N–H and O–H groups in total. The average molecular weight is 290 g/mol. The number of hydrogen-bond acceptors (Lipinski definition) is 3. The summed E-state index contributed by atoms with van der Waals surface area (Å²) < 4.78 is 4.87. The molecule has 1 aromatic carbocycles. The van der Waals surface area contributed by atoms with Crippen LogP contribution >= 0.6 is 0 Å². The lowest BCUT2D eigenvalue weighted by molar-refractivity contribution is 0.0925. The summed E-state index contributed by atoms with van der Waals surface area (Å²) in [4.78, 5) is 23.9. The Balaban J connectivity index is 1.88. The molecule has 0 spiro atoms.